The van der Waals surface area contributed by atoms with Gasteiger partial charge < -0.3 is 9.84 Å². The van der Waals surface area contributed by atoms with E-state index in [1.54, 1.807) is 12.1 Å². The Hall–Kier alpha value is -1.77. The van der Waals surface area contributed by atoms with E-state index in [-0.39, 0.29) is 5.75 Å². The Morgan fingerprint density at radius 2 is 2.19 bits per heavy atom. The molecule has 0 aliphatic carbocycles. The number of aryl methyl sites for hydroxylation is 1. The standard InChI is InChI=1S/C13H15NO2/c1-3-7-16-12-8-9(2)14-13-10(12)5-4-6-11(13)15/h4-6,8,15H,3,7H2,1-2H3. The number of pyridine rings is 1. The van der Waals surface area contributed by atoms with Crippen molar-refractivity contribution in [3.63, 3.8) is 0 Å². The lowest BCUT2D eigenvalue weighted by Gasteiger charge is -2.09. The first kappa shape index (κ1) is 10.7. The average molecular weight is 217 g/mol. The fraction of sp³-hybridized carbons (Fsp3) is 0.308. The van der Waals surface area contributed by atoms with E-state index in [9.17, 15) is 5.11 Å². The van der Waals surface area contributed by atoms with Gasteiger partial charge in [0.15, 0.2) is 0 Å². The zero-order chi connectivity index (χ0) is 11.5. The van der Waals surface area contributed by atoms with Crippen LogP contribution in [0, 0.1) is 6.92 Å². The third-order valence-electron chi connectivity index (χ3n) is 2.37. The van der Waals surface area contributed by atoms with Gasteiger partial charge >= 0.3 is 0 Å². The molecule has 0 saturated heterocycles. The summed E-state index contributed by atoms with van der Waals surface area (Å²) >= 11 is 0. The topological polar surface area (TPSA) is 42.4 Å². The number of aromatic hydroxyl groups is 1. The van der Waals surface area contributed by atoms with E-state index < -0.39 is 0 Å². The molecule has 0 atom stereocenters. The minimum atomic E-state index is 0.197. The van der Waals surface area contributed by atoms with E-state index in [0.717, 1.165) is 23.3 Å². The Kier molecular flexibility index (Phi) is 2.95. The van der Waals surface area contributed by atoms with Gasteiger partial charge in [-0.3, -0.25) is 0 Å². The number of phenolic OH excluding ortho intramolecular Hbond substituents is 1. The van der Waals surface area contributed by atoms with Crippen LogP contribution in [0.3, 0.4) is 0 Å². The predicted octanol–water partition coefficient (Wildman–Crippen LogP) is 3.04. The molecule has 16 heavy (non-hydrogen) atoms. The molecule has 0 bridgehead atoms. The summed E-state index contributed by atoms with van der Waals surface area (Å²) < 4.78 is 5.65. The number of phenols is 1. The summed E-state index contributed by atoms with van der Waals surface area (Å²) in [6.45, 7) is 4.63. The van der Waals surface area contributed by atoms with Gasteiger partial charge in [0.1, 0.15) is 17.0 Å². The molecule has 1 aromatic heterocycles. The normalized spacial score (nSPS) is 10.6. The number of fused-ring (bicyclic) bond motifs is 1. The molecule has 0 radical (unpaired) electrons. The molecule has 0 fully saturated rings. The molecule has 0 saturated carbocycles. The Morgan fingerprint density at radius 1 is 1.38 bits per heavy atom. The molecule has 0 unspecified atom stereocenters. The lowest BCUT2D eigenvalue weighted by Crippen LogP contribution is -1.97. The van der Waals surface area contributed by atoms with Crippen molar-refractivity contribution in [3.8, 4) is 11.5 Å². The van der Waals surface area contributed by atoms with E-state index in [0.29, 0.717) is 12.1 Å². The Balaban J connectivity index is 2.59. The third kappa shape index (κ3) is 1.94. The van der Waals surface area contributed by atoms with Crippen LogP contribution in [0.2, 0.25) is 0 Å². The van der Waals surface area contributed by atoms with Crippen LogP contribution in [0.25, 0.3) is 10.9 Å². The number of para-hydroxylation sites is 1. The Morgan fingerprint density at radius 3 is 2.94 bits per heavy atom. The highest BCUT2D eigenvalue weighted by Crippen LogP contribution is 2.30. The molecule has 3 nitrogen and oxygen atoms in total. The summed E-state index contributed by atoms with van der Waals surface area (Å²) in [5.74, 6) is 0.989. The number of hydrogen-bond donors (Lipinski definition) is 1. The van der Waals surface area contributed by atoms with Crippen molar-refractivity contribution in [1.82, 2.24) is 4.98 Å². The van der Waals surface area contributed by atoms with Gasteiger partial charge in [0.05, 0.1) is 6.61 Å². The molecule has 1 N–H and O–H groups in total. The Labute approximate surface area is 94.7 Å². The van der Waals surface area contributed by atoms with E-state index in [1.807, 2.05) is 19.1 Å². The predicted molar refractivity (Wildman–Crippen MR) is 63.9 cm³/mol. The van der Waals surface area contributed by atoms with Crippen LogP contribution in [-0.2, 0) is 0 Å². The maximum atomic E-state index is 9.73. The molecule has 0 aliphatic heterocycles. The maximum Gasteiger partial charge on any atom is 0.141 e. The second-order valence-corrected chi connectivity index (χ2v) is 3.78. The first-order valence-corrected chi connectivity index (χ1v) is 5.44. The molecule has 0 amide bonds. The van der Waals surface area contributed by atoms with Crippen molar-refractivity contribution in [1.29, 1.82) is 0 Å². The average Bonchev–Trinajstić information content (AvgIpc) is 2.27. The molecule has 1 aromatic carbocycles. The molecule has 1 heterocycles. The van der Waals surface area contributed by atoms with Crippen LogP contribution in [-0.4, -0.2) is 16.7 Å². The quantitative estimate of drug-likeness (QED) is 0.859. The van der Waals surface area contributed by atoms with Crippen molar-refractivity contribution in [2.24, 2.45) is 0 Å². The zero-order valence-corrected chi connectivity index (χ0v) is 9.53. The molecule has 0 aliphatic rings. The molecule has 2 rings (SSSR count). The minimum Gasteiger partial charge on any atom is -0.506 e. The smallest absolute Gasteiger partial charge is 0.141 e. The van der Waals surface area contributed by atoms with E-state index in [4.69, 9.17) is 4.74 Å². The number of ether oxygens (including phenoxy) is 1. The van der Waals surface area contributed by atoms with Crippen LogP contribution in [0.4, 0.5) is 0 Å². The van der Waals surface area contributed by atoms with Crippen molar-refractivity contribution >= 4 is 10.9 Å². The summed E-state index contributed by atoms with van der Waals surface area (Å²) in [5, 5.41) is 10.6. The molecule has 3 heteroatoms. The van der Waals surface area contributed by atoms with Gasteiger partial charge in [-0.15, -0.1) is 0 Å². The largest absolute Gasteiger partial charge is 0.506 e. The maximum absolute atomic E-state index is 9.73. The highest BCUT2D eigenvalue weighted by molar-refractivity contribution is 5.89. The molecule has 2 aromatic rings. The van der Waals surface area contributed by atoms with Crippen LogP contribution in [0.15, 0.2) is 24.3 Å². The fourth-order valence-corrected chi connectivity index (χ4v) is 1.66. The van der Waals surface area contributed by atoms with Crippen molar-refractivity contribution in [2.75, 3.05) is 6.61 Å². The monoisotopic (exact) mass is 217 g/mol. The van der Waals surface area contributed by atoms with E-state index >= 15 is 0 Å². The number of nitrogens with zero attached hydrogens (tertiary/aromatic N) is 1. The van der Waals surface area contributed by atoms with Gasteiger partial charge in [-0.05, 0) is 25.5 Å². The van der Waals surface area contributed by atoms with Gasteiger partial charge in [0, 0.05) is 17.1 Å². The van der Waals surface area contributed by atoms with Gasteiger partial charge in [0.2, 0.25) is 0 Å². The fourth-order valence-electron chi connectivity index (χ4n) is 1.66. The number of aromatic nitrogens is 1. The second kappa shape index (κ2) is 4.39. The number of hydrogen-bond acceptors (Lipinski definition) is 3. The van der Waals surface area contributed by atoms with Crippen LogP contribution >= 0.6 is 0 Å². The summed E-state index contributed by atoms with van der Waals surface area (Å²) in [6, 6.07) is 7.25. The molecular formula is C13H15NO2. The van der Waals surface area contributed by atoms with E-state index in [2.05, 4.69) is 11.9 Å². The summed E-state index contributed by atoms with van der Waals surface area (Å²) in [5.41, 5.74) is 1.45. The third-order valence-corrected chi connectivity index (χ3v) is 2.37. The lowest BCUT2D eigenvalue weighted by molar-refractivity contribution is 0.320. The Bertz CT molecular complexity index is 509. The molecule has 0 spiro atoms. The second-order valence-electron chi connectivity index (χ2n) is 3.78. The molecular weight excluding hydrogens is 202 g/mol. The number of rotatable bonds is 3. The van der Waals surface area contributed by atoms with Crippen molar-refractivity contribution in [2.45, 2.75) is 20.3 Å². The van der Waals surface area contributed by atoms with Crippen LogP contribution < -0.4 is 4.74 Å². The summed E-state index contributed by atoms with van der Waals surface area (Å²) in [6.07, 6.45) is 0.960. The zero-order valence-electron chi connectivity index (χ0n) is 9.53. The van der Waals surface area contributed by atoms with Crippen LogP contribution in [0.5, 0.6) is 11.5 Å². The summed E-state index contributed by atoms with van der Waals surface area (Å²) in [7, 11) is 0. The minimum absolute atomic E-state index is 0.197. The first-order chi connectivity index (χ1) is 7.72. The highest BCUT2D eigenvalue weighted by Gasteiger charge is 2.07. The van der Waals surface area contributed by atoms with Gasteiger partial charge in [-0.2, -0.15) is 0 Å². The SMILES string of the molecule is CCCOc1cc(C)nc2c(O)cccc12. The number of benzene rings is 1. The highest BCUT2D eigenvalue weighted by atomic mass is 16.5. The van der Waals surface area contributed by atoms with Gasteiger partial charge in [-0.25, -0.2) is 4.98 Å². The van der Waals surface area contributed by atoms with Crippen molar-refractivity contribution < 1.29 is 9.84 Å². The van der Waals surface area contributed by atoms with Gasteiger partial charge in [0.25, 0.3) is 0 Å². The summed E-state index contributed by atoms with van der Waals surface area (Å²) in [4.78, 5) is 4.31. The first-order valence-electron chi connectivity index (χ1n) is 5.44. The van der Waals surface area contributed by atoms with Crippen molar-refractivity contribution in [3.05, 3.63) is 30.0 Å². The van der Waals surface area contributed by atoms with Gasteiger partial charge in [-0.1, -0.05) is 13.0 Å². The van der Waals surface area contributed by atoms with Crippen LogP contribution in [0.1, 0.15) is 19.0 Å². The molecule has 84 valence electrons. The van der Waals surface area contributed by atoms with E-state index in [1.165, 1.54) is 0 Å². The lowest BCUT2D eigenvalue weighted by atomic mass is 10.1.